The fraction of sp³-hybridized carbons (Fsp3) is 0.0714. The van der Waals surface area contributed by atoms with Crippen molar-refractivity contribution in [1.29, 1.82) is 0 Å². The first-order valence-electron chi connectivity index (χ1n) is 20.5. The molecule has 1 spiro atoms. The topological polar surface area (TPSA) is 21.7 Å². The second-order valence-corrected chi connectivity index (χ2v) is 16.0. The van der Waals surface area contributed by atoms with Gasteiger partial charge in [0.2, 0.25) is 0 Å². The van der Waals surface area contributed by atoms with Gasteiger partial charge in [-0.05, 0) is 121 Å². The van der Waals surface area contributed by atoms with Crippen LogP contribution in [-0.4, -0.2) is 13.1 Å². The Labute approximate surface area is 344 Å². The molecule has 1 heterocycles. The van der Waals surface area contributed by atoms with Gasteiger partial charge in [0.25, 0.3) is 0 Å². The lowest BCUT2D eigenvalue weighted by molar-refractivity contribution is 0.359. The van der Waals surface area contributed by atoms with Gasteiger partial charge in [0, 0.05) is 12.7 Å². The van der Waals surface area contributed by atoms with E-state index >= 15 is 0 Å². The van der Waals surface area contributed by atoms with Gasteiger partial charge in [-0.25, -0.2) is 0 Å². The van der Waals surface area contributed by atoms with E-state index in [0.717, 1.165) is 40.5 Å². The molecule has 0 saturated carbocycles. The van der Waals surface area contributed by atoms with Crippen LogP contribution in [0.3, 0.4) is 0 Å². The van der Waals surface area contributed by atoms with Crippen molar-refractivity contribution in [3.8, 4) is 67.5 Å². The number of fused-ring (bicyclic) bond motifs is 12. The molecule has 0 N–H and O–H groups in total. The number of likely N-dealkylation sites (N-methyl/N-ethyl adjacent to an activating group) is 1. The van der Waals surface area contributed by atoms with Crippen molar-refractivity contribution in [2.24, 2.45) is 0 Å². The van der Waals surface area contributed by atoms with E-state index in [1.54, 1.807) is 0 Å². The fourth-order valence-corrected chi connectivity index (χ4v) is 10.1. The van der Waals surface area contributed by atoms with E-state index in [4.69, 9.17) is 9.47 Å². The summed E-state index contributed by atoms with van der Waals surface area (Å²) in [7, 11) is 2.20. The van der Waals surface area contributed by atoms with Crippen molar-refractivity contribution in [2.45, 2.75) is 17.9 Å². The molecule has 280 valence electrons. The Morgan fingerprint density at radius 3 is 1.71 bits per heavy atom. The Kier molecular flexibility index (Phi) is 7.49. The number of anilines is 1. The van der Waals surface area contributed by atoms with Gasteiger partial charge in [0.15, 0.2) is 23.0 Å². The van der Waals surface area contributed by atoms with E-state index in [1.165, 1.54) is 66.8 Å². The van der Waals surface area contributed by atoms with Crippen LogP contribution in [0.2, 0.25) is 0 Å². The second kappa shape index (κ2) is 13.1. The maximum atomic E-state index is 6.85. The monoisotopic (exact) mass is 757 g/mol. The fourth-order valence-electron chi connectivity index (χ4n) is 10.1. The Hall–Kier alpha value is -7.36. The lowest BCUT2D eigenvalue weighted by Gasteiger charge is -2.31. The van der Waals surface area contributed by atoms with E-state index in [9.17, 15) is 0 Å². The molecule has 59 heavy (non-hydrogen) atoms. The van der Waals surface area contributed by atoms with Gasteiger partial charge in [-0.15, -0.1) is 0 Å². The van der Waals surface area contributed by atoms with Gasteiger partial charge in [0.05, 0.1) is 11.5 Å². The second-order valence-electron chi connectivity index (χ2n) is 16.0. The van der Waals surface area contributed by atoms with Gasteiger partial charge in [-0.3, -0.25) is 0 Å². The Morgan fingerprint density at radius 2 is 0.983 bits per heavy atom. The summed E-state index contributed by atoms with van der Waals surface area (Å²) in [6.45, 7) is 0. The summed E-state index contributed by atoms with van der Waals surface area (Å²) < 4.78 is 13.5. The van der Waals surface area contributed by atoms with Crippen molar-refractivity contribution >= 4 is 11.3 Å². The Balaban J connectivity index is 0.842. The van der Waals surface area contributed by atoms with Crippen LogP contribution in [0.4, 0.5) is 5.69 Å². The Morgan fingerprint density at radius 1 is 0.441 bits per heavy atom. The normalized spacial score (nSPS) is 15.7. The summed E-state index contributed by atoms with van der Waals surface area (Å²) >= 11 is 0. The minimum absolute atomic E-state index is 0.228. The molecule has 12 rings (SSSR count). The van der Waals surface area contributed by atoms with E-state index in [0.29, 0.717) is 5.75 Å². The predicted octanol–water partition coefficient (Wildman–Crippen LogP) is 14.1. The van der Waals surface area contributed by atoms with Crippen molar-refractivity contribution < 1.29 is 9.47 Å². The molecule has 3 heteroatoms. The molecule has 8 aromatic rings. The van der Waals surface area contributed by atoms with Crippen molar-refractivity contribution in [2.75, 3.05) is 11.9 Å². The first-order valence-corrected chi connectivity index (χ1v) is 20.5. The number of nitrogens with zero attached hydrogens (tertiary/aromatic N) is 1. The summed E-state index contributed by atoms with van der Waals surface area (Å²) in [5.74, 6) is 2.91. The maximum absolute atomic E-state index is 6.85. The lowest BCUT2D eigenvalue weighted by atomic mass is 9.70. The molecule has 4 aliphatic rings. The van der Waals surface area contributed by atoms with Crippen molar-refractivity contribution in [1.82, 2.24) is 0 Å². The summed E-state index contributed by atoms with van der Waals surface area (Å²) in [6, 6.07) is 65.9. The first-order chi connectivity index (χ1) is 29.1. The molecule has 0 bridgehead atoms. The molecule has 1 aliphatic heterocycles. The van der Waals surface area contributed by atoms with Crippen LogP contribution in [0.1, 0.15) is 34.2 Å². The highest BCUT2D eigenvalue weighted by atomic mass is 16.6. The van der Waals surface area contributed by atoms with Crippen molar-refractivity contribution in [3.63, 3.8) is 0 Å². The van der Waals surface area contributed by atoms with Crippen LogP contribution >= 0.6 is 0 Å². The molecular formula is C56H39NO2. The standard InChI is InChI=1S/C56H39NO2/c1-57(42-17-11-15-39(31-42)38-27-25-37(26-28-38)36-13-3-2-4-14-36)43-18-12-16-40(32-43)41-29-30-52-53(33-41)59-55-35-51-47(34-54(55)58-52)46-21-7-10-24-50(46)56(51)48-22-8-5-19-44(48)45-20-6-9-23-49(45)56/h2-30,32-35,42H,31H2,1H3. The van der Waals surface area contributed by atoms with Crippen molar-refractivity contribution in [3.05, 3.63) is 228 Å². The third-order valence-corrected chi connectivity index (χ3v) is 13.0. The number of rotatable bonds is 5. The molecule has 0 aromatic heterocycles. The van der Waals surface area contributed by atoms with Gasteiger partial charge in [-0.2, -0.15) is 0 Å². The minimum Gasteiger partial charge on any atom is -0.449 e. The molecule has 0 radical (unpaired) electrons. The summed E-state index contributed by atoms with van der Waals surface area (Å²) in [4.78, 5) is 2.38. The summed E-state index contributed by atoms with van der Waals surface area (Å²) in [5.41, 5.74) is 18.1. The molecule has 3 nitrogen and oxygen atoms in total. The van der Waals surface area contributed by atoms with E-state index < -0.39 is 5.41 Å². The van der Waals surface area contributed by atoms with E-state index in [2.05, 4.69) is 206 Å². The van der Waals surface area contributed by atoms with Crippen LogP contribution in [0.15, 0.2) is 200 Å². The minimum atomic E-state index is -0.441. The predicted molar refractivity (Wildman–Crippen MR) is 241 cm³/mol. The van der Waals surface area contributed by atoms with E-state index in [-0.39, 0.29) is 6.04 Å². The molecule has 0 amide bonds. The molecule has 3 aliphatic carbocycles. The number of allylic oxidation sites excluding steroid dienone is 2. The van der Waals surface area contributed by atoms with Crippen LogP contribution in [-0.2, 0) is 5.41 Å². The Bertz CT molecular complexity index is 3000. The van der Waals surface area contributed by atoms with Crippen LogP contribution in [0.25, 0.3) is 50.1 Å². The zero-order chi connectivity index (χ0) is 39.1. The number of ether oxygens (including phenoxy) is 2. The van der Waals surface area contributed by atoms with E-state index in [1.807, 2.05) is 6.07 Å². The molecular weight excluding hydrogens is 719 g/mol. The van der Waals surface area contributed by atoms with Gasteiger partial charge in [-0.1, -0.05) is 164 Å². The van der Waals surface area contributed by atoms with Crippen LogP contribution in [0.5, 0.6) is 23.0 Å². The highest BCUT2D eigenvalue weighted by molar-refractivity contribution is 5.96. The highest BCUT2D eigenvalue weighted by Crippen LogP contribution is 2.64. The SMILES string of the molecule is CN(c1cccc(-c2ccc3c(c2)Oc2cc4c(cc2O3)-c2ccccc2C42c3ccccc3-c3ccccc32)c1)C1C=CC=C(c2ccc(-c3ccccc3)cc2)C1. The lowest BCUT2D eigenvalue weighted by Crippen LogP contribution is -2.31. The molecule has 1 atom stereocenters. The number of hydrogen-bond donors (Lipinski definition) is 0. The van der Waals surface area contributed by atoms with Crippen LogP contribution < -0.4 is 14.4 Å². The third kappa shape index (κ3) is 5.14. The summed E-state index contributed by atoms with van der Waals surface area (Å²) in [6.07, 6.45) is 7.69. The summed E-state index contributed by atoms with van der Waals surface area (Å²) in [5, 5.41) is 0. The smallest absolute Gasteiger partial charge is 0.170 e. The number of benzene rings is 8. The van der Waals surface area contributed by atoms with Gasteiger partial charge < -0.3 is 14.4 Å². The quantitative estimate of drug-likeness (QED) is 0.175. The highest BCUT2D eigenvalue weighted by Gasteiger charge is 2.52. The first kappa shape index (κ1) is 33.7. The molecule has 0 fully saturated rings. The van der Waals surface area contributed by atoms with Gasteiger partial charge in [0.1, 0.15) is 0 Å². The third-order valence-electron chi connectivity index (χ3n) is 13.0. The average Bonchev–Trinajstić information content (AvgIpc) is 3.77. The molecule has 1 unspecified atom stereocenters. The maximum Gasteiger partial charge on any atom is 0.170 e. The molecule has 8 aromatic carbocycles. The van der Waals surface area contributed by atoms with Crippen LogP contribution in [0, 0.1) is 0 Å². The molecule has 0 saturated heterocycles. The largest absolute Gasteiger partial charge is 0.449 e. The zero-order valence-corrected chi connectivity index (χ0v) is 32.6. The van der Waals surface area contributed by atoms with Gasteiger partial charge >= 0.3 is 0 Å². The average molecular weight is 758 g/mol. The number of hydrogen-bond acceptors (Lipinski definition) is 3. The zero-order valence-electron chi connectivity index (χ0n) is 32.6.